The van der Waals surface area contributed by atoms with Crippen LogP contribution in [0.3, 0.4) is 0 Å². The standard InChI is InChI=1S/C12H8N2O4/c15-11(16)9-5-7(6-10(14-9)12(17)18)8-3-1-2-4-13-8/h1-6H,(H,15,16)(H,17,18). The zero-order chi connectivity index (χ0) is 13.1. The molecule has 0 bridgehead atoms. The molecular weight excluding hydrogens is 236 g/mol. The molecule has 18 heavy (non-hydrogen) atoms. The molecule has 2 aromatic heterocycles. The fourth-order valence-corrected chi connectivity index (χ4v) is 1.43. The van der Waals surface area contributed by atoms with Gasteiger partial charge in [-0.3, -0.25) is 4.98 Å². The number of carboxylic acids is 2. The van der Waals surface area contributed by atoms with Gasteiger partial charge < -0.3 is 10.2 Å². The molecule has 0 aliphatic carbocycles. The predicted molar refractivity (Wildman–Crippen MR) is 61.4 cm³/mol. The molecule has 2 N–H and O–H groups in total. The molecule has 0 unspecified atom stereocenters. The lowest BCUT2D eigenvalue weighted by molar-refractivity contribution is 0.0685. The number of aromatic nitrogens is 2. The minimum Gasteiger partial charge on any atom is -0.477 e. The number of pyridine rings is 2. The van der Waals surface area contributed by atoms with Crippen molar-refractivity contribution < 1.29 is 19.8 Å². The van der Waals surface area contributed by atoms with Gasteiger partial charge in [-0.15, -0.1) is 0 Å². The monoisotopic (exact) mass is 244 g/mol. The van der Waals surface area contributed by atoms with E-state index in [-0.39, 0.29) is 11.4 Å². The van der Waals surface area contributed by atoms with Crippen LogP contribution in [0, 0.1) is 0 Å². The number of aromatic carboxylic acids is 2. The Balaban J connectivity index is 2.61. The van der Waals surface area contributed by atoms with Gasteiger partial charge in [0.1, 0.15) is 11.4 Å². The first-order chi connectivity index (χ1) is 8.58. The van der Waals surface area contributed by atoms with Gasteiger partial charge in [0, 0.05) is 11.8 Å². The van der Waals surface area contributed by atoms with E-state index in [1.165, 1.54) is 18.3 Å². The molecule has 6 nitrogen and oxygen atoms in total. The Bertz CT molecular complexity index is 578. The summed E-state index contributed by atoms with van der Waals surface area (Å²) in [6, 6.07) is 7.67. The van der Waals surface area contributed by atoms with Crippen molar-refractivity contribution in [3.05, 3.63) is 47.9 Å². The van der Waals surface area contributed by atoms with Crippen LogP contribution in [0.2, 0.25) is 0 Å². The summed E-state index contributed by atoms with van der Waals surface area (Å²) in [5.74, 6) is -2.56. The Morgan fingerprint density at radius 2 is 1.61 bits per heavy atom. The topological polar surface area (TPSA) is 100 Å². The Labute approximate surface area is 102 Å². The van der Waals surface area contributed by atoms with E-state index < -0.39 is 11.9 Å². The quantitative estimate of drug-likeness (QED) is 0.849. The van der Waals surface area contributed by atoms with Crippen LogP contribution >= 0.6 is 0 Å². The largest absolute Gasteiger partial charge is 0.477 e. The number of carboxylic acid groups (broad SMARTS) is 2. The summed E-state index contributed by atoms with van der Waals surface area (Å²) >= 11 is 0. The minimum absolute atomic E-state index is 0.324. The zero-order valence-electron chi connectivity index (χ0n) is 9.07. The van der Waals surface area contributed by atoms with Gasteiger partial charge in [0.2, 0.25) is 0 Å². The van der Waals surface area contributed by atoms with Crippen LogP contribution in [0.1, 0.15) is 21.0 Å². The summed E-state index contributed by atoms with van der Waals surface area (Å²) in [6.07, 6.45) is 1.54. The van der Waals surface area contributed by atoms with Crippen molar-refractivity contribution >= 4 is 11.9 Å². The van der Waals surface area contributed by atoms with E-state index in [1.54, 1.807) is 18.2 Å². The molecule has 0 aliphatic rings. The van der Waals surface area contributed by atoms with Gasteiger partial charge in [-0.2, -0.15) is 0 Å². The average molecular weight is 244 g/mol. The number of hydrogen-bond acceptors (Lipinski definition) is 4. The van der Waals surface area contributed by atoms with E-state index in [2.05, 4.69) is 9.97 Å². The molecule has 0 fully saturated rings. The van der Waals surface area contributed by atoms with Crippen LogP contribution in [0.5, 0.6) is 0 Å². The van der Waals surface area contributed by atoms with Gasteiger partial charge in [0.25, 0.3) is 0 Å². The lowest BCUT2D eigenvalue weighted by Gasteiger charge is -2.03. The normalized spacial score (nSPS) is 10.0. The molecular formula is C12H8N2O4. The Morgan fingerprint density at radius 3 is 2.06 bits per heavy atom. The van der Waals surface area contributed by atoms with Crippen LogP contribution in [-0.4, -0.2) is 32.1 Å². The Hall–Kier alpha value is -2.76. The Morgan fingerprint density at radius 1 is 1.00 bits per heavy atom. The maximum Gasteiger partial charge on any atom is 0.354 e. The van der Waals surface area contributed by atoms with E-state index in [0.29, 0.717) is 11.3 Å². The van der Waals surface area contributed by atoms with E-state index in [4.69, 9.17) is 10.2 Å². The summed E-state index contributed by atoms with van der Waals surface area (Å²) in [4.78, 5) is 29.3. The Kier molecular flexibility index (Phi) is 3.01. The highest BCUT2D eigenvalue weighted by Crippen LogP contribution is 2.18. The molecule has 2 aromatic rings. The first-order valence-corrected chi connectivity index (χ1v) is 4.98. The van der Waals surface area contributed by atoms with Crippen molar-refractivity contribution in [2.24, 2.45) is 0 Å². The number of hydrogen-bond donors (Lipinski definition) is 2. The highest BCUT2D eigenvalue weighted by atomic mass is 16.4. The van der Waals surface area contributed by atoms with Crippen molar-refractivity contribution in [2.75, 3.05) is 0 Å². The highest BCUT2D eigenvalue weighted by Gasteiger charge is 2.14. The third-order valence-corrected chi connectivity index (χ3v) is 2.22. The molecule has 0 spiro atoms. The molecule has 0 atom stereocenters. The molecule has 0 aliphatic heterocycles. The second kappa shape index (κ2) is 4.62. The van der Waals surface area contributed by atoms with E-state index in [9.17, 15) is 9.59 Å². The summed E-state index contributed by atoms with van der Waals surface area (Å²) in [5.41, 5.74) is 0.247. The second-order valence-corrected chi connectivity index (χ2v) is 3.45. The smallest absolute Gasteiger partial charge is 0.354 e. The molecule has 2 rings (SSSR count). The zero-order valence-corrected chi connectivity index (χ0v) is 9.07. The van der Waals surface area contributed by atoms with Crippen LogP contribution in [-0.2, 0) is 0 Å². The van der Waals surface area contributed by atoms with Gasteiger partial charge in [-0.25, -0.2) is 14.6 Å². The fourth-order valence-electron chi connectivity index (χ4n) is 1.43. The highest BCUT2D eigenvalue weighted by molar-refractivity contribution is 5.92. The maximum atomic E-state index is 10.9. The number of carbonyl (C=O) groups is 2. The van der Waals surface area contributed by atoms with Crippen LogP contribution in [0.15, 0.2) is 36.5 Å². The third kappa shape index (κ3) is 2.32. The molecule has 0 saturated heterocycles. The molecule has 0 aromatic carbocycles. The van der Waals surface area contributed by atoms with Crippen molar-refractivity contribution in [3.63, 3.8) is 0 Å². The summed E-state index contributed by atoms with van der Waals surface area (Å²) in [7, 11) is 0. The lowest BCUT2D eigenvalue weighted by Crippen LogP contribution is -2.08. The van der Waals surface area contributed by atoms with Crippen molar-refractivity contribution in [2.45, 2.75) is 0 Å². The first-order valence-electron chi connectivity index (χ1n) is 4.98. The lowest BCUT2D eigenvalue weighted by atomic mass is 10.1. The predicted octanol–water partition coefficient (Wildman–Crippen LogP) is 1.54. The van der Waals surface area contributed by atoms with E-state index in [0.717, 1.165) is 0 Å². The fraction of sp³-hybridized carbons (Fsp3) is 0. The van der Waals surface area contributed by atoms with Crippen molar-refractivity contribution in [3.8, 4) is 11.3 Å². The van der Waals surface area contributed by atoms with Gasteiger partial charge in [-0.05, 0) is 24.3 Å². The first kappa shape index (κ1) is 11.7. The van der Waals surface area contributed by atoms with Gasteiger partial charge in [-0.1, -0.05) is 6.07 Å². The molecule has 0 saturated carbocycles. The number of nitrogens with zero attached hydrogens (tertiary/aromatic N) is 2. The SMILES string of the molecule is O=C(O)c1cc(-c2ccccn2)cc(C(=O)O)n1. The third-order valence-electron chi connectivity index (χ3n) is 2.22. The number of rotatable bonds is 3. The maximum absolute atomic E-state index is 10.9. The van der Waals surface area contributed by atoms with Gasteiger partial charge >= 0.3 is 11.9 Å². The molecule has 0 radical (unpaired) electrons. The molecule has 2 heterocycles. The van der Waals surface area contributed by atoms with Gasteiger partial charge in [0.05, 0.1) is 5.69 Å². The summed E-state index contributed by atoms with van der Waals surface area (Å²) in [5, 5.41) is 17.8. The van der Waals surface area contributed by atoms with Crippen LogP contribution < -0.4 is 0 Å². The molecule has 90 valence electrons. The van der Waals surface area contributed by atoms with Gasteiger partial charge in [0.15, 0.2) is 0 Å². The van der Waals surface area contributed by atoms with Crippen LogP contribution in [0.25, 0.3) is 11.3 Å². The van der Waals surface area contributed by atoms with E-state index in [1.807, 2.05) is 0 Å². The van der Waals surface area contributed by atoms with Crippen molar-refractivity contribution in [1.29, 1.82) is 0 Å². The second-order valence-electron chi connectivity index (χ2n) is 3.45. The minimum atomic E-state index is -1.28. The molecule has 6 heteroatoms. The average Bonchev–Trinajstić information content (AvgIpc) is 2.39. The van der Waals surface area contributed by atoms with E-state index >= 15 is 0 Å². The van der Waals surface area contributed by atoms with Crippen LogP contribution in [0.4, 0.5) is 0 Å². The van der Waals surface area contributed by atoms with Crippen molar-refractivity contribution in [1.82, 2.24) is 9.97 Å². The molecule has 0 amide bonds. The summed E-state index contributed by atoms with van der Waals surface area (Å²) < 4.78 is 0. The summed E-state index contributed by atoms with van der Waals surface area (Å²) in [6.45, 7) is 0.